The SMILES string of the molecule is CCc1c(Br)cccc1-c1c(N)oc(-c2cccnc2)c1O. The zero-order chi connectivity index (χ0) is 15.7. The Hall–Kier alpha value is -2.27. The van der Waals surface area contributed by atoms with Crippen molar-refractivity contribution in [1.29, 1.82) is 0 Å². The van der Waals surface area contributed by atoms with Gasteiger partial charge >= 0.3 is 0 Å². The van der Waals surface area contributed by atoms with Crippen molar-refractivity contribution in [2.45, 2.75) is 13.3 Å². The number of rotatable bonds is 3. The number of nitrogens with two attached hydrogens (primary N) is 1. The molecule has 112 valence electrons. The van der Waals surface area contributed by atoms with E-state index in [0.29, 0.717) is 16.9 Å². The number of pyridine rings is 1. The number of aromatic nitrogens is 1. The third kappa shape index (κ3) is 2.37. The first-order chi connectivity index (χ1) is 10.6. The number of benzene rings is 1. The van der Waals surface area contributed by atoms with Crippen LogP contribution in [0.5, 0.6) is 5.75 Å². The fourth-order valence-corrected chi connectivity index (χ4v) is 3.19. The van der Waals surface area contributed by atoms with Gasteiger partial charge in [-0.2, -0.15) is 0 Å². The number of hydrogen-bond donors (Lipinski definition) is 2. The van der Waals surface area contributed by atoms with E-state index in [9.17, 15) is 5.11 Å². The smallest absolute Gasteiger partial charge is 0.202 e. The van der Waals surface area contributed by atoms with Crippen LogP contribution in [0.1, 0.15) is 12.5 Å². The van der Waals surface area contributed by atoms with E-state index in [4.69, 9.17) is 10.2 Å². The summed E-state index contributed by atoms with van der Waals surface area (Å²) < 4.78 is 6.58. The molecule has 0 saturated heterocycles. The molecular formula is C17H15BrN2O2. The van der Waals surface area contributed by atoms with Crippen molar-refractivity contribution < 1.29 is 9.52 Å². The van der Waals surface area contributed by atoms with E-state index in [-0.39, 0.29) is 11.6 Å². The van der Waals surface area contributed by atoms with Crippen molar-refractivity contribution in [1.82, 2.24) is 4.98 Å². The van der Waals surface area contributed by atoms with Gasteiger partial charge < -0.3 is 15.3 Å². The molecule has 0 fully saturated rings. The Kier molecular flexibility index (Phi) is 3.90. The van der Waals surface area contributed by atoms with Crippen LogP contribution in [0, 0.1) is 0 Å². The molecule has 3 aromatic rings. The predicted molar refractivity (Wildman–Crippen MR) is 90.5 cm³/mol. The molecule has 0 unspecified atom stereocenters. The minimum atomic E-state index is 0.0401. The van der Waals surface area contributed by atoms with E-state index < -0.39 is 0 Å². The molecule has 0 spiro atoms. The van der Waals surface area contributed by atoms with Crippen molar-refractivity contribution in [2.24, 2.45) is 0 Å². The molecule has 0 aliphatic rings. The summed E-state index contributed by atoms with van der Waals surface area (Å²) in [5.41, 5.74) is 9.17. The number of nitrogens with zero attached hydrogens (tertiary/aromatic N) is 1. The molecule has 0 amide bonds. The van der Waals surface area contributed by atoms with Crippen LogP contribution in [0.25, 0.3) is 22.5 Å². The van der Waals surface area contributed by atoms with Gasteiger partial charge in [-0.3, -0.25) is 4.98 Å². The number of nitrogen functional groups attached to an aromatic ring is 1. The predicted octanol–water partition coefficient (Wildman–Crippen LogP) is 4.62. The van der Waals surface area contributed by atoms with E-state index in [2.05, 4.69) is 27.8 Å². The average Bonchev–Trinajstić information content (AvgIpc) is 2.83. The van der Waals surface area contributed by atoms with Gasteiger partial charge in [-0.1, -0.05) is 35.0 Å². The van der Waals surface area contributed by atoms with Crippen LogP contribution in [0.4, 0.5) is 5.88 Å². The van der Waals surface area contributed by atoms with Gasteiger partial charge in [0.2, 0.25) is 5.88 Å². The van der Waals surface area contributed by atoms with Gasteiger partial charge in [-0.05, 0) is 35.7 Å². The van der Waals surface area contributed by atoms with Gasteiger partial charge in [0.05, 0.1) is 5.56 Å². The fraction of sp³-hybridized carbons (Fsp3) is 0.118. The molecular weight excluding hydrogens is 344 g/mol. The molecule has 22 heavy (non-hydrogen) atoms. The van der Waals surface area contributed by atoms with E-state index in [1.165, 1.54) is 0 Å². The summed E-state index contributed by atoms with van der Waals surface area (Å²) in [6.45, 7) is 2.05. The third-order valence-corrected chi connectivity index (χ3v) is 4.32. The van der Waals surface area contributed by atoms with Crippen LogP contribution in [0.3, 0.4) is 0 Å². The number of furan rings is 1. The molecule has 0 aliphatic carbocycles. The molecule has 0 saturated carbocycles. The molecule has 4 nitrogen and oxygen atoms in total. The van der Waals surface area contributed by atoms with Crippen LogP contribution in [0.2, 0.25) is 0 Å². The maximum atomic E-state index is 10.6. The van der Waals surface area contributed by atoms with Gasteiger partial charge in [0.1, 0.15) is 0 Å². The molecule has 0 bridgehead atoms. The van der Waals surface area contributed by atoms with E-state index in [1.54, 1.807) is 18.5 Å². The Morgan fingerprint density at radius 3 is 2.77 bits per heavy atom. The maximum absolute atomic E-state index is 10.6. The second kappa shape index (κ2) is 5.85. The molecule has 0 atom stereocenters. The molecule has 5 heteroatoms. The Labute approximate surface area is 136 Å². The number of halogens is 1. The quantitative estimate of drug-likeness (QED) is 0.716. The second-order valence-corrected chi connectivity index (χ2v) is 5.73. The van der Waals surface area contributed by atoms with Crippen molar-refractivity contribution in [2.75, 3.05) is 5.73 Å². The Morgan fingerprint density at radius 1 is 1.27 bits per heavy atom. The highest BCUT2D eigenvalue weighted by Gasteiger charge is 2.23. The van der Waals surface area contributed by atoms with Gasteiger partial charge in [-0.25, -0.2) is 0 Å². The molecule has 3 N–H and O–H groups in total. The van der Waals surface area contributed by atoms with E-state index in [1.807, 2.05) is 24.3 Å². The molecule has 2 heterocycles. The first kappa shape index (κ1) is 14.7. The molecule has 0 aliphatic heterocycles. The standard InChI is InChI=1S/C17H15BrN2O2/c1-2-11-12(6-3-7-13(11)18)14-15(21)16(22-17(14)19)10-5-4-8-20-9-10/h3-9,21H,2,19H2,1H3. The van der Waals surface area contributed by atoms with Crippen molar-refractivity contribution >= 4 is 21.8 Å². The van der Waals surface area contributed by atoms with Crippen LogP contribution in [-0.4, -0.2) is 10.1 Å². The zero-order valence-corrected chi connectivity index (χ0v) is 13.6. The number of aromatic hydroxyl groups is 1. The Bertz CT molecular complexity index is 813. The summed E-state index contributed by atoms with van der Waals surface area (Å²) in [7, 11) is 0. The normalized spacial score (nSPS) is 10.8. The minimum Gasteiger partial charge on any atom is -0.504 e. The minimum absolute atomic E-state index is 0.0401. The lowest BCUT2D eigenvalue weighted by molar-refractivity contribution is 0.467. The van der Waals surface area contributed by atoms with Crippen LogP contribution >= 0.6 is 15.9 Å². The largest absolute Gasteiger partial charge is 0.504 e. The van der Waals surface area contributed by atoms with Crippen LogP contribution in [-0.2, 0) is 6.42 Å². The lowest BCUT2D eigenvalue weighted by Gasteiger charge is -2.09. The first-order valence-corrected chi connectivity index (χ1v) is 7.72. The van der Waals surface area contributed by atoms with Crippen molar-refractivity contribution in [3.63, 3.8) is 0 Å². The maximum Gasteiger partial charge on any atom is 0.202 e. The van der Waals surface area contributed by atoms with Crippen molar-refractivity contribution in [3.8, 4) is 28.2 Å². The summed E-state index contributed by atoms with van der Waals surface area (Å²) in [6, 6.07) is 9.41. The van der Waals surface area contributed by atoms with E-state index >= 15 is 0 Å². The average molecular weight is 359 g/mol. The zero-order valence-electron chi connectivity index (χ0n) is 12.0. The summed E-state index contributed by atoms with van der Waals surface area (Å²) in [5, 5.41) is 10.6. The monoisotopic (exact) mass is 358 g/mol. The highest BCUT2D eigenvalue weighted by molar-refractivity contribution is 9.10. The third-order valence-electron chi connectivity index (χ3n) is 3.58. The topological polar surface area (TPSA) is 72.3 Å². The van der Waals surface area contributed by atoms with Crippen molar-refractivity contribution in [3.05, 3.63) is 52.8 Å². The summed E-state index contributed by atoms with van der Waals surface area (Å²) >= 11 is 3.54. The molecule has 3 rings (SSSR count). The summed E-state index contributed by atoms with van der Waals surface area (Å²) in [5.74, 6) is 0.574. The lowest BCUT2D eigenvalue weighted by Crippen LogP contribution is -1.92. The highest BCUT2D eigenvalue weighted by atomic mass is 79.9. The molecule has 1 aromatic carbocycles. The van der Waals surface area contributed by atoms with E-state index in [0.717, 1.165) is 22.0 Å². The van der Waals surface area contributed by atoms with Crippen LogP contribution in [0.15, 0.2) is 51.6 Å². The highest BCUT2D eigenvalue weighted by Crippen LogP contribution is 2.46. The molecule has 0 radical (unpaired) electrons. The first-order valence-electron chi connectivity index (χ1n) is 6.92. The Balaban J connectivity index is 2.22. The lowest BCUT2D eigenvalue weighted by atomic mass is 9.98. The number of anilines is 1. The fourth-order valence-electron chi connectivity index (χ4n) is 2.54. The summed E-state index contributed by atoms with van der Waals surface area (Å²) in [4.78, 5) is 4.04. The van der Waals surface area contributed by atoms with Gasteiger partial charge in [0.15, 0.2) is 11.5 Å². The second-order valence-electron chi connectivity index (χ2n) is 4.88. The van der Waals surface area contributed by atoms with Gasteiger partial charge in [-0.15, -0.1) is 0 Å². The van der Waals surface area contributed by atoms with Crippen LogP contribution < -0.4 is 5.73 Å². The van der Waals surface area contributed by atoms with Gasteiger partial charge in [0, 0.05) is 22.4 Å². The summed E-state index contributed by atoms with van der Waals surface area (Å²) in [6.07, 6.45) is 4.10. The van der Waals surface area contributed by atoms with Gasteiger partial charge in [0.25, 0.3) is 0 Å². The Morgan fingerprint density at radius 2 is 2.09 bits per heavy atom. The molecule has 2 aromatic heterocycles. The number of hydrogen-bond acceptors (Lipinski definition) is 4.